The number of hydrogen-bond acceptors (Lipinski definition) is 1. The summed E-state index contributed by atoms with van der Waals surface area (Å²) in [5.41, 5.74) is 0. The lowest BCUT2D eigenvalue weighted by Crippen LogP contribution is -2.25. The van der Waals surface area contributed by atoms with Gasteiger partial charge in [-0.2, -0.15) is 0 Å². The van der Waals surface area contributed by atoms with Crippen LogP contribution < -0.4 is 0 Å². The minimum Gasteiger partial charge on any atom is -0.303 e. The molecule has 0 saturated carbocycles. The van der Waals surface area contributed by atoms with Gasteiger partial charge in [0.25, 0.3) is 0 Å². The zero-order valence-corrected chi connectivity index (χ0v) is 11.1. The molecule has 1 nitrogen and oxygen atoms in total. The summed E-state index contributed by atoms with van der Waals surface area (Å²) in [5, 5.41) is 0. The summed E-state index contributed by atoms with van der Waals surface area (Å²) >= 11 is 0. The summed E-state index contributed by atoms with van der Waals surface area (Å²) in [5.74, 6) is 0. The van der Waals surface area contributed by atoms with Gasteiger partial charge in [-0.05, 0) is 38.9 Å². The summed E-state index contributed by atoms with van der Waals surface area (Å²) in [6.07, 6.45) is 6.51. The first kappa shape index (κ1) is 16.4. The van der Waals surface area contributed by atoms with Crippen molar-refractivity contribution in [1.29, 1.82) is 0 Å². The topological polar surface area (TPSA) is 3.24 Å². The van der Waals surface area contributed by atoms with Crippen LogP contribution >= 0.6 is 0 Å². The average Bonchev–Trinajstić information content (AvgIpc) is 2.20. The molecule has 1 heteroatoms. The van der Waals surface area contributed by atoms with Crippen LogP contribution in [0.25, 0.3) is 0 Å². The van der Waals surface area contributed by atoms with Gasteiger partial charge in [0.15, 0.2) is 0 Å². The molecule has 14 heavy (non-hydrogen) atoms. The molecule has 0 saturated heterocycles. The summed E-state index contributed by atoms with van der Waals surface area (Å²) < 4.78 is 0. The maximum atomic E-state index is 2.54. The Kier molecular flexibility index (Phi) is 18.1. The van der Waals surface area contributed by atoms with Gasteiger partial charge in [0.05, 0.1) is 0 Å². The van der Waals surface area contributed by atoms with E-state index in [2.05, 4.69) is 39.5 Å². The monoisotopic (exact) mass is 201 g/mol. The van der Waals surface area contributed by atoms with Crippen molar-refractivity contribution >= 4 is 0 Å². The first-order valence-corrected chi connectivity index (χ1v) is 6.48. The van der Waals surface area contributed by atoms with E-state index in [9.17, 15) is 0 Å². The number of hydrogen-bond donors (Lipinski definition) is 0. The molecule has 0 bridgehead atoms. The zero-order valence-electron chi connectivity index (χ0n) is 11.1. The molecule has 0 spiro atoms. The number of unbranched alkanes of at least 4 members (excludes halogenated alkanes) is 1. The Morgan fingerprint density at radius 2 is 0.786 bits per heavy atom. The third-order valence-electron chi connectivity index (χ3n) is 2.12. The Morgan fingerprint density at radius 3 is 0.929 bits per heavy atom. The minimum atomic E-state index is 1.28. The fourth-order valence-corrected chi connectivity index (χ4v) is 1.28. The molecular formula is C13H31N. The van der Waals surface area contributed by atoms with Crippen LogP contribution in [0.1, 0.15) is 66.7 Å². The van der Waals surface area contributed by atoms with Gasteiger partial charge in [-0.3, -0.25) is 0 Å². The van der Waals surface area contributed by atoms with E-state index in [1.165, 1.54) is 51.7 Å². The molecule has 0 rings (SSSR count). The second-order valence-corrected chi connectivity index (χ2v) is 3.84. The van der Waals surface area contributed by atoms with Crippen LogP contribution in [0, 0.1) is 0 Å². The lowest BCUT2D eigenvalue weighted by Gasteiger charge is -2.19. The Bertz CT molecular complexity index is 65.0. The molecule has 0 aliphatic carbocycles. The van der Waals surface area contributed by atoms with E-state index in [-0.39, 0.29) is 0 Å². The van der Waals surface area contributed by atoms with Crippen LogP contribution in [0.5, 0.6) is 0 Å². The Balaban J connectivity index is 0. The van der Waals surface area contributed by atoms with Gasteiger partial charge in [-0.25, -0.2) is 0 Å². The van der Waals surface area contributed by atoms with Crippen molar-refractivity contribution in [2.75, 3.05) is 19.6 Å². The smallest absolute Gasteiger partial charge is 0.00214 e. The standard InChI is InChI=1S/C9H21N.C4H10/c1-4-7-10(8-5-2)9-6-3;1-3-4-2/h4-9H2,1-3H3;3-4H2,1-2H3. The van der Waals surface area contributed by atoms with E-state index >= 15 is 0 Å². The fraction of sp³-hybridized carbons (Fsp3) is 1.00. The largest absolute Gasteiger partial charge is 0.303 e. The van der Waals surface area contributed by atoms with E-state index in [1.807, 2.05) is 0 Å². The molecule has 0 aliphatic heterocycles. The van der Waals surface area contributed by atoms with Crippen molar-refractivity contribution < 1.29 is 0 Å². The van der Waals surface area contributed by atoms with E-state index < -0.39 is 0 Å². The maximum absolute atomic E-state index is 2.54. The van der Waals surface area contributed by atoms with Crippen molar-refractivity contribution in [3.8, 4) is 0 Å². The quantitative estimate of drug-likeness (QED) is 0.593. The van der Waals surface area contributed by atoms with E-state index in [0.29, 0.717) is 0 Å². The molecule has 0 heterocycles. The summed E-state index contributed by atoms with van der Waals surface area (Å²) in [6.45, 7) is 14.9. The van der Waals surface area contributed by atoms with Gasteiger partial charge in [0, 0.05) is 0 Å². The maximum Gasteiger partial charge on any atom is -0.00214 e. The van der Waals surface area contributed by atoms with Crippen molar-refractivity contribution in [3.05, 3.63) is 0 Å². The van der Waals surface area contributed by atoms with Crippen molar-refractivity contribution in [1.82, 2.24) is 4.90 Å². The second-order valence-electron chi connectivity index (χ2n) is 3.84. The van der Waals surface area contributed by atoms with Gasteiger partial charge in [0.2, 0.25) is 0 Å². The van der Waals surface area contributed by atoms with Gasteiger partial charge >= 0.3 is 0 Å². The van der Waals surface area contributed by atoms with Gasteiger partial charge < -0.3 is 4.90 Å². The lowest BCUT2D eigenvalue weighted by atomic mass is 10.3. The summed E-state index contributed by atoms with van der Waals surface area (Å²) in [6, 6.07) is 0. The SMILES string of the molecule is CCCC.CCCN(CCC)CCC. The molecule has 88 valence electrons. The Morgan fingerprint density at radius 1 is 0.500 bits per heavy atom. The molecule has 0 amide bonds. The molecule has 0 aliphatic rings. The second kappa shape index (κ2) is 15.4. The van der Waals surface area contributed by atoms with Crippen LogP contribution in [-0.4, -0.2) is 24.5 Å². The van der Waals surface area contributed by atoms with Crippen molar-refractivity contribution in [2.45, 2.75) is 66.7 Å². The van der Waals surface area contributed by atoms with Crippen molar-refractivity contribution in [2.24, 2.45) is 0 Å². The Hall–Kier alpha value is -0.0400. The lowest BCUT2D eigenvalue weighted by molar-refractivity contribution is 0.275. The predicted molar refractivity (Wildman–Crippen MR) is 67.9 cm³/mol. The predicted octanol–water partition coefficient (Wildman–Crippen LogP) is 4.32. The number of nitrogens with zero attached hydrogens (tertiary/aromatic N) is 1. The fourth-order valence-electron chi connectivity index (χ4n) is 1.28. The van der Waals surface area contributed by atoms with Gasteiger partial charge in [-0.15, -0.1) is 0 Å². The molecule has 0 N–H and O–H groups in total. The third kappa shape index (κ3) is 14.5. The van der Waals surface area contributed by atoms with Crippen LogP contribution in [-0.2, 0) is 0 Å². The van der Waals surface area contributed by atoms with Crippen LogP contribution in [0.3, 0.4) is 0 Å². The number of rotatable bonds is 7. The van der Waals surface area contributed by atoms with Crippen LogP contribution in [0.15, 0.2) is 0 Å². The highest BCUT2D eigenvalue weighted by Crippen LogP contribution is 1.94. The molecule has 0 radical (unpaired) electrons. The van der Waals surface area contributed by atoms with Gasteiger partial charge in [-0.1, -0.05) is 47.5 Å². The first-order chi connectivity index (χ1) is 6.76. The minimum absolute atomic E-state index is 1.28. The zero-order chi connectivity index (χ0) is 11.2. The highest BCUT2D eigenvalue weighted by molar-refractivity contribution is 4.53. The molecule has 0 atom stereocenters. The Labute approximate surface area is 91.9 Å². The van der Waals surface area contributed by atoms with E-state index in [0.717, 1.165) is 0 Å². The molecule has 0 fully saturated rings. The third-order valence-corrected chi connectivity index (χ3v) is 2.12. The van der Waals surface area contributed by atoms with E-state index in [1.54, 1.807) is 0 Å². The van der Waals surface area contributed by atoms with Gasteiger partial charge in [0.1, 0.15) is 0 Å². The normalized spacial score (nSPS) is 9.86. The highest BCUT2D eigenvalue weighted by Gasteiger charge is 1.98. The molecular weight excluding hydrogens is 170 g/mol. The molecule has 0 aromatic heterocycles. The molecule has 0 aromatic carbocycles. The van der Waals surface area contributed by atoms with Crippen LogP contribution in [0.2, 0.25) is 0 Å². The summed E-state index contributed by atoms with van der Waals surface area (Å²) in [7, 11) is 0. The van der Waals surface area contributed by atoms with Crippen molar-refractivity contribution in [3.63, 3.8) is 0 Å². The summed E-state index contributed by atoms with van der Waals surface area (Å²) in [4.78, 5) is 2.54. The molecule has 0 aromatic rings. The average molecular weight is 201 g/mol. The molecule has 0 unspecified atom stereocenters. The highest BCUT2D eigenvalue weighted by atomic mass is 15.1. The van der Waals surface area contributed by atoms with E-state index in [4.69, 9.17) is 0 Å². The first-order valence-electron chi connectivity index (χ1n) is 6.48. The van der Waals surface area contributed by atoms with Crippen LogP contribution in [0.4, 0.5) is 0 Å².